The molecule has 0 saturated heterocycles. The van der Waals surface area contributed by atoms with Crippen LogP contribution in [-0.4, -0.2) is 41.0 Å². The number of fused-ring (bicyclic) bond motifs is 1. The van der Waals surface area contributed by atoms with E-state index in [9.17, 15) is 9.59 Å². The molecule has 1 aromatic carbocycles. The first-order chi connectivity index (χ1) is 14.6. The third kappa shape index (κ3) is 4.96. The number of unbranched alkanes of at least 4 members (excludes halogenated alkanes) is 1. The Morgan fingerprint density at radius 1 is 1.07 bits per heavy atom. The van der Waals surface area contributed by atoms with Crippen molar-refractivity contribution >= 4 is 11.8 Å². The number of carbonyl (C=O) groups is 2. The summed E-state index contributed by atoms with van der Waals surface area (Å²) < 4.78 is 16.3. The zero-order valence-corrected chi connectivity index (χ0v) is 17.3. The smallest absolute Gasteiger partial charge is 0.242 e. The Balaban J connectivity index is 1.48. The maximum Gasteiger partial charge on any atom is 0.242 e. The first-order valence-electron chi connectivity index (χ1n) is 10.6. The van der Waals surface area contributed by atoms with Crippen molar-refractivity contribution in [1.82, 2.24) is 9.80 Å². The minimum absolute atomic E-state index is 0.0775. The molecule has 7 nitrogen and oxygen atoms in total. The van der Waals surface area contributed by atoms with Gasteiger partial charge in [0.2, 0.25) is 18.6 Å². The van der Waals surface area contributed by atoms with E-state index in [0.29, 0.717) is 36.8 Å². The Morgan fingerprint density at radius 3 is 2.63 bits per heavy atom. The molecule has 2 aliphatic rings. The summed E-state index contributed by atoms with van der Waals surface area (Å²) in [6.07, 6.45) is 5.87. The molecule has 2 amide bonds. The van der Waals surface area contributed by atoms with E-state index in [1.807, 2.05) is 30.3 Å². The Labute approximate surface area is 176 Å². The second-order valence-electron chi connectivity index (χ2n) is 7.87. The predicted molar refractivity (Wildman–Crippen MR) is 110 cm³/mol. The summed E-state index contributed by atoms with van der Waals surface area (Å²) in [5, 5.41) is 0. The van der Waals surface area contributed by atoms with Gasteiger partial charge < -0.3 is 23.7 Å². The Hall–Kier alpha value is -2.96. The van der Waals surface area contributed by atoms with Crippen LogP contribution in [0.4, 0.5) is 0 Å². The van der Waals surface area contributed by atoms with Crippen LogP contribution in [0.3, 0.4) is 0 Å². The number of benzene rings is 1. The molecule has 1 aromatic heterocycles. The molecule has 2 heterocycles. The number of rotatable bonds is 10. The van der Waals surface area contributed by atoms with Gasteiger partial charge in [-0.1, -0.05) is 19.4 Å². The van der Waals surface area contributed by atoms with Crippen molar-refractivity contribution in [1.29, 1.82) is 0 Å². The summed E-state index contributed by atoms with van der Waals surface area (Å²) in [5.41, 5.74) is 0.939. The molecule has 0 spiro atoms. The van der Waals surface area contributed by atoms with Crippen LogP contribution in [-0.2, 0) is 22.7 Å². The fourth-order valence-electron chi connectivity index (χ4n) is 3.61. The third-order valence-corrected chi connectivity index (χ3v) is 5.45. The quantitative estimate of drug-likeness (QED) is 0.595. The van der Waals surface area contributed by atoms with Gasteiger partial charge in [-0.15, -0.1) is 0 Å². The Bertz CT molecular complexity index is 876. The zero-order valence-electron chi connectivity index (χ0n) is 17.3. The van der Waals surface area contributed by atoms with Crippen molar-refractivity contribution in [2.75, 3.05) is 13.3 Å². The molecule has 160 valence electrons. The Morgan fingerprint density at radius 2 is 1.90 bits per heavy atom. The van der Waals surface area contributed by atoms with Crippen molar-refractivity contribution in [3.05, 3.63) is 47.9 Å². The SMILES string of the molecule is CCCCC(=O)N(CC(=O)N(Cc1ccc2c(c1)OCO2)Cc1ccco1)C1CC1. The highest BCUT2D eigenvalue weighted by atomic mass is 16.7. The minimum atomic E-state index is -0.0826. The number of carbonyl (C=O) groups excluding carboxylic acids is 2. The predicted octanol–water partition coefficient (Wildman–Crippen LogP) is 3.72. The third-order valence-electron chi connectivity index (χ3n) is 5.45. The van der Waals surface area contributed by atoms with Gasteiger partial charge in [-0.2, -0.15) is 0 Å². The van der Waals surface area contributed by atoms with Gasteiger partial charge in [-0.3, -0.25) is 9.59 Å². The lowest BCUT2D eigenvalue weighted by molar-refractivity contribution is -0.142. The summed E-state index contributed by atoms with van der Waals surface area (Å²) in [6.45, 7) is 3.14. The lowest BCUT2D eigenvalue weighted by atomic mass is 10.1. The highest BCUT2D eigenvalue weighted by Crippen LogP contribution is 2.33. The van der Waals surface area contributed by atoms with Gasteiger partial charge in [0.1, 0.15) is 12.3 Å². The van der Waals surface area contributed by atoms with Gasteiger partial charge in [-0.25, -0.2) is 0 Å². The van der Waals surface area contributed by atoms with E-state index >= 15 is 0 Å². The number of nitrogens with zero attached hydrogens (tertiary/aromatic N) is 2. The van der Waals surface area contributed by atoms with Crippen LogP contribution in [0, 0.1) is 0 Å². The minimum Gasteiger partial charge on any atom is -0.467 e. The topological polar surface area (TPSA) is 72.2 Å². The summed E-state index contributed by atoms with van der Waals surface area (Å²) in [6, 6.07) is 9.55. The number of furan rings is 1. The maximum absolute atomic E-state index is 13.3. The summed E-state index contributed by atoms with van der Waals surface area (Å²) in [5.74, 6) is 2.10. The standard InChI is InChI=1S/C23H28N2O5/c1-2-3-6-22(26)25(18-8-9-18)15-23(27)24(14-19-5-4-11-28-19)13-17-7-10-20-21(12-17)30-16-29-20/h4-5,7,10-12,18H,2-3,6,8-9,13-16H2,1H3. The molecule has 0 unspecified atom stereocenters. The van der Waals surface area contributed by atoms with Crippen molar-refractivity contribution in [3.63, 3.8) is 0 Å². The lowest BCUT2D eigenvalue weighted by Crippen LogP contribution is -2.43. The molecule has 4 rings (SSSR count). The highest BCUT2D eigenvalue weighted by Gasteiger charge is 2.34. The Kier molecular flexibility index (Phi) is 6.26. The number of hydrogen-bond acceptors (Lipinski definition) is 5. The van der Waals surface area contributed by atoms with Crippen molar-refractivity contribution < 1.29 is 23.5 Å². The fourth-order valence-corrected chi connectivity index (χ4v) is 3.61. The monoisotopic (exact) mass is 412 g/mol. The van der Waals surface area contributed by atoms with E-state index in [-0.39, 0.29) is 31.2 Å². The molecule has 0 bridgehead atoms. The van der Waals surface area contributed by atoms with Crippen LogP contribution < -0.4 is 9.47 Å². The number of hydrogen-bond donors (Lipinski definition) is 0. The average molecular weight is 412 g/mol. The van der Waals surface area contributed by atoms with Gasteiger partial charge in [0.25, 0.3) is 0 Å². The van der Waals surface area contributed by atoms with E-state index in [0.717, 1.165) is 31.2 Å². The number of amides is 2. The van der Waals surface area contributed by atoms with Crippen molar-refractivity contribution in [3.8, 4) is 11.5 Å². The highest BCUT2D eigenvalue weighted by molar-refractivity contribution is 5.85. The molecule has 30 heavy (non-hydrogen) atoms. The zero-order chi connectivity index (χ0) is 20.9. The van der Waals surface area contributed by atoms with E-state index in [1.165, 1.54) is 0 Å². The fraction of sp³-hybridized carbons (Fsp3) is 0.478. The first-order valence-corrected chi connectivity index (χ1v) is 10.6. The molecule has 7 heteroatoms. The van der Waals surface area contributed by atoms with Crippen LogP contribution in [0.15, 0.2) is 41.0 Å². The molecule has 1 aliphatic carbocycles. The second-order valence-corrected chi connectivity index (χ2v) is 7.87. The largest absolute Gasteiger partial charge is 0.467 e. The van der Waals surface area contributed by atoms with Gasteiger partial charge in [0, 0.05) is 19.0 Å². The van der Waals surface area contributed by atoms with E-state index in [1.54, 1.807) is 16.1 Å². The molecular formula is C23H28N2O5. The normalized spacial score (nSPS) is 14.6. The lowest BCUT2D eigenvalue weighted by Gasteiger charge is -2.27. The van der Waals surface area contributed by atoms with Gasteiger partial charge >= 0.3 is 0 Å². The molecular weight excluding hydrogens is 384 g/mol. The van der Waals surface area contributed by atoms with E-state index in [2.05, 4.69) is 6.92 Å². The van der Waals surface area contributed by atoms with Gasteiger partial charge in [0.15, 0.2) is 11.5 Å². The molecule has 0 atom stereocenters. The summed E-state index contributed by atoms with van der Waals surface area (Å²) in [7, 11) is 0. The first kappa shape index (κ1) is 20.3. The van der Waals surface area contributed by atoms with E-state index < -0.39 is 0 Å². The summed E-state index contributed by atoms with van der Waals surface area (Å²) >= 11 is 0. The van der Waals surface area contributed by atoms with Crippen molar-refractivity contribution in [2.45, 2.75) is 58.2 Å². The molecule has 0 radical (unpaired) electrons. The second kappa shape index (κ2) is 9.24. The van der Waals surface area contributed by atoms with Gasteiger partial charge in [0.05, 0.1) is 12.8 Å². The maximum atomic E-state index is 13.3. The molecule has 1 aliphatic heterocycles. The van der Waals surface area contributed by atoms with E-state index in [4.69, 9.17) is 13.9 Å². The molecule has 0 N–H and O–H groups in total. The average Bonchev–Trinajstić information content (AvgIpc) is 3.24. The van der Waals surface area contributed by atoms with Crippen LogP contribution in [0.25, 0.3) is 0 Å². The summed E-state index contributed by atoms with van der Waals surface area (Å²) in [4.78, 5) is 29.4. The van der Waals surface area contributed by atoms with Gasteiger partial charge in [-0.05, 0) is 49.1 Å². The van der Waals surface area contributed by atoms with Crippen LogP contribution in [0.2, 0.25) is 0 Å². The molecule has 1 fully saturated rings. The molecule has 1 saturated carbocycles. The van der Waals surface area contributed by atoms with Crippen molar-refractivity contribution in [2.24, 2.45) is 0 Å². The van der Waals surface area contributed by atoms with Crippen LogP contribution in [0.1, 0.15) is 50.4 Å². The van der Waals surface area contributed by atoms with Crippen LogP contribution >= 0.6 is 0 Å². The molecule has 2 aromatic rings. The number of ether oxygens (including phenoxy) is 2. The van der Waals surface area contributed by atoms with Crippen LogP contribution in [0.5, 0.6) is 11.5 Å².